The second-order valence-electron chi connectivity index (χ2n) is 4.78. The molecule has 1 aliphatic heterocycles. The van der Waals surface area contributed by atoms with Gasteiger partial charge < -0.3 is 14.9 Å². The number of fused-ring (bicyclic) bond motifs is 1. The van der Waals surface area contributed by atoms with Crippen molar-refractivity contribution in [3.05, 3.63) is 22.8 Å². The van der Waals surface area contributed by atoms with E-state index in [2.05, 4.69) is 0 Å². The molecule has 1 atom stereocenters. The van der Waals surface area contributed by atoms with Crippen LogP contribution in [0.2, 0.25) is 0 Å². The SMILES string of the molecule is Cc1cc2c(c(C)c1O)O[C@H](CCCO)CC2=O. The molecule has 0 amide bonds. The van der Waals surface area contributed by atoms with Crippen LogP contribution in [0.25, 0.3) is 0 Å². The Morgan fingerprint density at radius 3 is 2.83 bits per heavy atom. The highest BCUT2D eigenvalue weighted by Gasteiger charge is 2.29. The van der Waals surface area contributed by atoms with E-state index in [4.69, 9.17) is 9.84 Å². The first kappa shape index (κ1) is 12.9. The summed E-state index contributed by atoms with van der Waals surface area (Å²) in [5.74, 6) is 0.729. The maximum Gasteiger partial charge on any atom is 0.170 e. The summed E-state index contributed by atoms with van der Waals surface area (Å²) in [7, 11) is 0. The van der Waals surface area contributed by atoms with Crippen molar-refractivity contribution >= 4 is 5.78 Å². The van der Waals surface area contributed by atoms with Crippen molar-refractivity contribution in [2.24, 2.45) is 0 Å². The first-order valence-corrected chi connectivity index (χ1v) is 6.18. The van der Waals surface area contributed by atoms with Crippen molar-refractivity contribution < 1.29 is 19.7 Å². The second kappa shape index (κ2) is 4.98. The smallest absolute Gasteiger partial charge is 0.170 e. The molecule has 2 N–H and O–H groups in total. The fourth-order valence-electron chi connectivity index (χ4n) is 2.32. The highest BCUT2D eigenvalue weighted by molar-refractivity contribution is 6.01. The van der Waals surface area contributed by atoms with Crippen LogP contribution in [0.5, 0.6) is 11.5 Å². The molecule has 0 bridgehead atoms. The molecule has 2 rings (SSSR count). The van der Waals surface area contributed by atoms with Crippen molar-refractivity contribution in [1.29, 1.82) is 0 Å². The van der Waals surface area contributed by atoms with Crippen LogP contribution in [0, 0.1) is 13.8 Å². The van der Waals surface area contributed by atoms with E-state index in [1.807, 2.05) is 0 Å². The molecule has 0 aromatic heterocycles. The number of ether oxygens (including phenoxy) is 1. The molecule has 0 aliphatic carbocycles. The average molecular weight is 250 g/mol. The number of phenols is 1. The minimum atomic E-state index is -0.196. The predicted octanol–water partition coefficient (Wildman–Crippen LogP) is 2.12. The molecule has 1 aromatic rings. The van der Waals surface area contributed by atoms with Crippen LogP contribution >= 0.6 is 0 Å². The first-order valence-electron chi connectivity index (χ1n) is 6.18. The van der Waals surface area contributed by atoms with E-state index < -0.39 is 0 Å². The number of aliphatic hydroxyl groups excluding tert-OH is 1. The molecule has 0 spiro atoms. The average Bonchev–Trinajstić information content (AvgIpc) is 2.35. The Labute approximate surface area is 106 Å². The third-order valence-electron chi connectivity index (χ3n) is 3.36. The van der Waals surface area contributed by atoms with Gasteiger partial charge in [0.2, 0.25) is 0 Å². The van der Waals surface area contributed by atoms with Crippen LogP contribution in [0.15, 0.2) is 6.07 Å². The third kappa shape index (κ3) is 2.20. The maximum absolute atomic E-state index is 12.1. The predicted molar refractivity (Wildman–Crippen MR) is 67.3 cm³/mol. The van der Waals surface area contributed by atoms with Gasteiger partial charge in [0.25, 0.3) is 0 Å². The van der Waals surface area contributed by atoms with Crippen molar-refractivity contribution in [3.8, 4) is 11.5 Å². The lowest BCUT2D eigenvalue weighted by atomic mass is 9.94. The number of aliphatic hydroxyl groups is 1. The van der Waals surface area contributed by atoms with Gasteiger partial charge in [0, 0.05) is 18.6 Å². The standard InChI is InChI=1S/C14H18O4/c1-8-6-11-12(16)7-10(4-3-5-15)18-14(11)9(2)13(8)17/h6,10,15,17H,3-5,7H2,1-2H3/t10-/m1/s1. The number of phenolic OH excluding ortho intramolecular Hbond substituents is 1. The number of hydrogen-bond acceptors (Lipinski definition) is 4. The van der Waals surface area contributed by atoms with Crippen molar-refractivity contribution in [2.45, 2.75) is 39.2 Å². The lowest BCUT2D eigenvalue weighted by Crippen LogP contribution is -2.27. The number of carbonyl (C=O) groups excluding carboxylic acids is 1. The van der Waals surface area contributed by atoms with Crippen LogP contribution in [0.4, 0.5) is 0 Å². The molecule has 0 unspecified atom stereocenters. The lowest BCUT2D eigenvalue weighted by Gasteiger charge is -2.27. The molecule has 98 valence electrons. The zero-order valence-corrected chi connectivity index (χ0v) is 10.7. The Hall–Kier alpha value is -1.55. The number of aryl methyl sites for hydroxylation is 1. The highest BCUT2D eigenvalue weighted by Crippen LogP contribution is 2.38. The Bertz CT molecular complexity index is 479. The van der Waals surface area contributed by atoms with Gasteiger partial charge in [0.1, 0.15) is 17.6 Å². The van der Waals surface area contributed by atoms with Crippen LogP contribution < -0.4 is 4.74 Å². The summed E-state index contributed by atoms with van der Waals surface area (Å²) in [4.78, 5) is 12.1. The van der Waals surface area contributed by atoms with Crippen molar-refractivity contribution in [1.82, 2.24) is 0 Å². The van der Waals surface area contributed by atoms with Crippen molar-refractivity contribution in [3.63, 3.8) is 0 Å². The van der Waals surface area contributed by atoms with E-state index in [-0.39, 0.29) is 24.2 Å². The molecule has 0 saturated carbocycles. The number of ketones is 1. The second-order valence-corrected chi connectivity index (χ2v) is 4.78. The Kier molecular flexibility index (Phi) is 3.57. The fraction of sp³-hybridized carbons (Fsp3) is 0.500. The molecule has 0 saturated heterocycles. The van der Waals surface area contributed by atoms with E-state index in [0.717, 1.165) is 0 Å². The van der Waals surface area contributed by atoms with Crippen LogP contribution in [0.3, 0.4) is 0 Å². The summed E-state index contributed by atoms with van der Waals surface area (Å²) in [5, 5.41) is 18.7. The largest absolute Gasteiger partial charge is 0.507 e. The van der Waals surface area contributed by atoms with E-state index in [1.54, 1.807) is 19.9 Å². The zero-order chi connectivity index (χ0) is 13.3. The summed E-state index contributed by atoms with van der Waals surface area (Å²) in [5.41, 5.74) is 1.87. The van der Waals surface area contributed by atoms with Crippen LogP contribution in [-0.4, -0.2) is 28.7 Å². The lowest BCUT2D eigenvalue weighted by molar-refractivity contribution is 0.0823. The summed E-state index contributed by atoms with van der Waals surface area (Å²) in [6, 6.07) is 1.68. The van der Waals surface area contributed by atoms with Crippen LogP contribution in [-0.2, 0) is 0 Å². The van der Waals surface area contributed by atoms with E-state index in [1.165, 1.54) is 0 Å². The van der Waals surface area contributed by atoms with Crippen molar-refractivity contribution in [2.75, 3.05) is 6.61 Å². The zero-order valence-electron chi connectivity index (χ0n) is 10.7. The van der Waals surface area contributed by atoms with Gasteiger partial charge in [0.05, 0.1) is 5.56 Å². The Morgan fingerprint density at radius 2 is 2.17 bits per heavy atom. The first-order chi connectivity index (χ1) is 8.54. The summed E-state index contributed by atoms with van der Waals surface area (Å²) in [6.45, 7) is 3.62. The van der Waals surface area contributed by atoms with Gasteiger partial charge in [-0.25, -0.2) is 0 Å². The minimum Gasteiger partial charge on any atom is -0.507 e. The number of hydrogen-bond donors (Lipinski definition) is 2. The molecule has 1 heterocycles. The molecule has 18 heavy (non-hydrogen) atoms. The normalized spacial score (nSPS) is 18.4. The monoisotopic (exact) mass is 250 g/mol. The quantitative estimate of drug-likeness (QED) is 0.862. The Balaban J connectivity index is 2.34. The molecule has 1 aromatic carbocycles. The van der Waals surface area contributed by atoms with Gasteiger partial charge in [-0.3, -0.25) is 4.79 Å². The van der Waals surface area contributed by atoms with Gasteiger partial charge in [-0.1, -0.05) is 0 Å². The molecular weight excluding hydrogens is 232 g/mol. The number of aromatic hydroxyl groups is 1. The van der Waals surface area contributed by atoms with E-state index in [0.29, 0.717) is 41.7 Å². The third-order valence-corrected chi connectivity index (χ3v) is 3.36. The molecular formula is C14H18O4. The molecule has 0 fully saturated rings. The number of Topliss-reactive ketones (excluding diaryl/α,β-unsaturated/α-hetero) is 1. The number of benzene rings is 1. The minimum absolute atomic E-state index is 0.0467. The van der Waals surface area contributed by atoms with Gasteiger partial charge in [-0.2, -0.15) is 0 Å². The topological polar surface area (TPSA) is 66.8 Å². The molecule has 1 aliphatic rings. The van der Waals surface area contributed by atoms with E-state index >= 15 is 0 Å². The van der Waals surface area contributed by atoms with Crippen LogP contribution in [0.1, 0.15) is 40.7 Å². The van der Waals surface area contributed by atoms with Gasteiger partial charge in [-0.05, 0) is 38.3 Å². The molecule has 0 radical (unpaired) electrons. The maximum atomic E-state index is 12.1. The van der Waals surface area contributed by atoms with Gasteiger partial charge in [0.15, 0.2) is 5.78 Å². The number of rotatable bonds is 3. The Morgan fingerprint density at radius 1 is 1.44 bits per heavy atom. The van der Waals surface area contributed by atoms with Gasteiger partial charge in [-0.15, -0.1) is 0 Å². The highest BCUT2D eigenvalue weighted by atomic mass is 16.5. The number of carbonyl (C=O) groups is 1. The summed E-state index contributed by atoms with van der Waals surface area (Å²) >= 11 is 0. The summed E-state index contributed by atoms with van der Waals surface area (Å²) < 4.78 is 5.78. The van der Waals surface area contributed by atoms with Gasteiger partial charge >= 0.3 is 0 Å². The van der Waals surface area contributed by atoms with E-state index in [9.17, 15) is 9.90 Å². The fourth-order valence-corrected chi connectivity index (χ4v) is 2.32. The molecule has 4 heteroatoms. The molecule has 4 nitrogen and oxygen atoms in total. The summed E-state index contributed by atoms with van der Waals surface area (Å²) in [6.07, 6.45) is 1.41.